The number of aryl methyl sites for hydroxylation is 2. The maximum atomic E-state index is 10.2. The Kier molecular flexibility index (Phi) is 2.58. The van der Waals surface area contributed by atoms with E-state index in [1.165, 1.54) is 23.9 Å². The first-order valence-corrected chi connectivity index (χ1v) is 7.42. The minimum Gasteiger partial charge on any atom is -0.507 e. The Morgan fingerprint density at radius 2 is 1.76 bits per heavy atom. The number of rotatable bonds is 2. The van der Waals surface area contributed by atoms with E-state index in [2.05, 4.69) is 29.7 Å². The van der Waals surface area contributed by atoms with Gasteiger partial charge in [0.05, 0.1) is 16.6 Å². The molecule has 0 bridgehead atoms. The molecule has 0 unspecified atom stereocenters. The minimum absolute atomic E-state index is 0.300. The quantitative estimate of drug-likeness (QED) is 0.756. The molecular formula is C18H18N2O. The predicted octanol–water partition coefficient (Wildman–Crippen LogP) is 4.36. The summed E-state index contributed by atoms with van der Waals surface area (Å²) in [4.78, 5) is 4.81. The highest BCUT2D eigenvalue weighted by atomic mass is 16.3. The van der Waals surface area contributed by atoms with Gasteiger partial charge in [-0.3, -0.25) is 0 Å². The lowest BCUT2D eigenvalue weighted by molar-refractivity contribution is 0.476. The summed E-state index contributed by atoms with van der Waals surface area (Å²) < 4.78 is 2.29. The molecule has 0 amide bonds. The van der Waals surface area contributed by atoms with Gasteiger partial charge >= 0.3 is 0 Å². The van der Waals surface area contributed by atoms with E-state index >= 15 is 0 Å². The van der Waals surface area contributed by atoms with Gasteiger partial charge in [0.2, 0.25) is 0 Å². The number of imidazole rings is 1. The molecular weight excluding hydrogens is 260 g/mol. The van der Waals surface area contributed by atoms with Gasteiger partial charge in [0.1, 0.15) is 11.6 Å². The fourth-order valence-electron chi connectivity index (χ4n) is 2.93. The van der Waals surface area contributed by atoms with E-state index in [0.717, 1.165) is 22.5 Å². The van der Waals surface area contributed by atoms with E-state index < -0.39 is 0 Å². The molecule has 3 aromatic rings. The van der Waals surface area contributed by atoms with E-state index in [0.29, 0.717) is 11.8 Å². The van der Waals surface area contributed by atoms with Crippen molar-refractivity contribution in [2.24, 2.45) is 0 Å². The average molecular weight is 278 g/mol. The number of phenols is 1. The molecule has 1 aromatic heterocycles. The van der Waals surface area contributed by atoms with Gasteiger partial charge in [0.25, 0.3) is 0 Å². The molecule has 1 fully saturated rings. The Bertz CT molecular complexity index is 844. The standard InChI is InChI=1S/C18H18N2O/c1-11-4-8-17(21)14(9-11)18-19-15-10-12(2)3-7-16(15)20(18)13-5-6-13/h3-4,7-10,13,21H,5-6H2,1-2H3. The van der Waals surface area contributed by atoms with Crippen molar-refractivity contribution in [2.75, 3.05) is 0 Å². The van der Waals surface area contributed by atoms with Crippen molar-refractivity contribution < 1.29 is 5.11 Å². The van der Waals surface area contributed by atoms with Crippen LogP contribution >= 0.6 is 0 Å². The summed E-state index contributed by atoms with van der Waals surface area (Å²) in [5.74, 6) is 1.19. The van der Waals surface area contributed by atoms with Crippen molar-refractivity contribution in [3.63, 3.8) is 0 Å². The zero-order valence-corrected chi connectivity index (χ0v) is 12.3. The normalized spacial score (nSPS) is 14.8. The Hall–Kier alpha value is -2.29. The van der Waals surface area contributed by atoms with Gasteiger partial charge in [-0.15, -0.1) is 0 Å². The topological polar surface area (TPSA) is 38.1 Å². The van der Waals surface area contributed by atoms with Crippen molar-refractivity contribution in [1.29, 1.82) is 0 Å². The van der Waals surface area contributed by atoms with Gasteiger partial charge < -0.3 is 9.67 Å². The number of phenolic OH excluding ortho intramolecular Hbond substituents is 1. The molecule has 0 aliphatic heterocycles. The summed E-state index contributed by atoms with van der Waals surface area (Å²) in [5.41, 5.74) is 5.35. The molecule has 1 aliphatic rings. The lowest BCUT2D eigenvalue weighted by Crippen LogP contribution is -1.97. The molecule has 106 valence electrons. The zero-order valence-electron chi connectivity index (χ0n) is 12.3. The Morgan fingerprint density at radius 1 is 1.05 bits per heavy atom. The molecule has 0 saturated heterocycles. The van der Waals surface area contributed by atoms with Crippen LogP contribution in [0.1, 0.15) is 30.0 Å². The second-order valence-electron chi connectivity index (χ2n) is 6.05. The van der Waals surface area contributed by atoms with Crippen molar-refractivity contribution in [3.8, 4) is 17.1 Å². The number of hydrogen-bond acceptors (Lipinski definition) is 2. The van der Waals surface area contributed by atoms with Gasteiger partial charge in [0, 0.05) is 6.04 Å². The molecule has 3 heteroatoms. The van der Waals surface area contributed by atoms with Crippen LogP contribution in [0, 0.1) is 13.8 Å². The molecule has 0 atom stereocenters. The Labute approximate surface area is 123 Å². The van der Waals surface area contributed by atoms with Gasteiger partial charge in [-0.25, -0.2) is 4.98 Å². The van der Waals surface area contributed by atoms with Crippen LogP contribution in [0.5, 0.6) is 5.75 Å². The molecule has 0 spiro atoms. The summed E-state index contributed by atoms with van der Waals surface area (Å²) in [7, 11) is 0. The van der Waals surface area contributed by atoms with E-state index in [9.17, 15) is 5.11 Å². The number of benzene rings is 2. The van der Waals surface area contributed by atoms with E-state index in [1.807, 2.05) is 19.1 Å². The van der Waals surface area contributed by atoms with Crippen LogP contribution in [0.15, 0.2) is 36.4 Å². The van der Waals surface area contributed by atoms with Crippen LogP contribution < -0.4 is 0 Å². The first-order valence-electron chi connectivity index (χ1n) is 7.42. The first kappa shape index (κ1) is 12.5. The minimum atomic E-state index is 0.300. The summed E-state index contributed by atoms with van der Waals surface area (Å²) in [5, 5.41) is 10.2. The number of fused-ring (bicyclic) bond motifs is 1. The highest BCUT2D eigenvalue weighted by Crippen LogP contribution is 2.43. The zero-order chi connectivity index (χ0) is 14.6. The molecule has 3 nitrogen and oxygen atoms in total. The van der Waals surface area contributed by atoms with Crippen LogP contribution in [-0.2, 0) is 0 Å². The maximum Gasteiger partial charge on any atom is 0.145 e. The summed E-state index contributed by atoms with van der Waals surface area (Å²) in [6, 6.07) is 12.6. The number of aromatic nitrogens is 2. The van der Waals surface area contributed by atoms with Crippen LogP contribution in [0.2, 0.25) is 0 Å². The average Bonchev–Trinajstić information content (AvgIpc) is 3.22. The molecule has 1 heterocycles. The fourth-order valence-corrected chi connectivity index (χ4v) is 2.93. The molecule has 2 aromatic carbocycles. The van der Waals surface area contributed by atoms with Crippen LogP contribution in [-0.4, -0.2) is 14.7 Å². The Morgan fingerprint density at radius 3 is 2.52 bits per heavy atom. The van der Waals surface area contributed by atoms with Crippen LogP contribution in [0.3, 0.4) is 0 Å². The largest absolute Gasteiger partial charge is 0.507 e. The number of hydrogen-bond donors (Lipinski definition) is 1. The summed E-state index contributed by atoms with van der Waals surface area (Å²) >= 11 is 0. The van der Waals surface area contributed by atoms with E-state index in [1.54, 1.807) is 6.07 Å². The molecule has 1 N–H and O–H groups in total. The molecule has 1 saturated carbocycles. The highest BCUT2D eigenvalue weighted by molar-refractivity contribution is 5.83. The third-order valence-corrected chi connectivity index (χ3v) is 4.15. The highest BCUT2D eigenvalue weighted by Gasteiger charge is 2.29. The van der Waals surface area contributed by atoms with Gasteiger partial charge in [-0.05, 0) is 56.5 Å². The van der Waals surface area contributed by atoms with E-state index in [-0.39, 0.29) is 0 Å². The van der Waals surface area contributed by atoms with Gasteiger partial charge in [0.15, 0.2) is 0 Å². The van der Waals surface area contributed by atoms with Gasteiger partial charge in [-0.1, -0.05) is 17.7 Å². The molecule has 21 heavy (non-hydrogen) atoms. The summed E-state index contributed by atoms with van der Waals surface area (Å²) in [6.07, 6.45) is 2.39. The second kappa shape index (κ2) is 4.35. The second-order valence-corrected chi connectivity index (χ2v) is 6.05. The monoisotopic (exact) mass is 278 g/mol. The van der Waals surface area contributed by atoms with Crippen molar-refractivity contribution in [1.82, 2.24) is 9.55 Å². The molecule has 4 rings (SSSR count). The Balaban J connectivity index is 2.03. The maximum absolute atomic E-state index is 10.2. The SMILES string of the molecule is Cc1ccc(O)c(-c2nc3cc(C)ccc3n2C2CC2)c1. The number of aromatic hydroxyl groups is 1. The smallest absolute Gasteiger partial charge is 0.145 e. The van der Waals surface area contributed by atoms with Crippen LogP contribution in [0.25, 0.3) is 22.4 Å². The predicted molar refractivity (Wildman–Crippen MR) is 84.6 cm³/mol. The lowest BCUT2D eigenvalue weighted by Gasteiger charge is -2.10. The number of nitrogens with zero attached hydrogens (tertiary/aromatic N) is 2. The van der Waals surface area contributed by atoms with Crippen molar-refractivity contribution in [3.05, 3.63) is 47.5 Å². The van der Waals surface area contributed by atoms with E-state index in [4.69, 9.17) is 4.98 Å². The fraction of sp³-hybridized carbons (Fsp3) is 0.278. The molecule has 1 aliphatic carbocycles. The summed E-state index contributed by atoms with van der Waals surface area (Å²) in [6.45, 7) is 4.12. The van der Waals surface area contributed by atoms with Crippen molar-refractivity contribution >= 4 is 11.0 Å². The molecule has 0 radical (unpaired) electrons. The third-order valence-electron chi connectivity index (χ3n) is 4.15. The van der Waals surface area contributed by atoms with Gasteiger partial charge in [-0.2, -0.15) is 0 Å². The van der Waals surface area contributed by atoms with Crippen molar-refractivity contribution in [2.45, 2.75) is 32.7 Å². The van der Waals surface area contributed by atoms with Crippen LogP contribution in [0.4, 0.5) is 0 Å². The third kappa shape index (κ3) is 2.00. The first-order chi connectivity index (χ1) is 10.1. The lowest BCUT2D eigenvalue weighted by atomic mass is 10.1.